The van der Waals surface area contributed by atoms with Gasteiger partial charge in [-0.3, -0.25) is 0 Å². The summed E-state index contributed by atoms with van der Waals surface area (Å²) in [6.45, 7) is 5.95. The number of methoxy groups -OCH3 is 1. The first kappa shape index (κ1) is 28.6. The fourth-order valence-corrected chi connectivity index (χ4v) is 11.0. The zero-order valence-electron chi connectivity index (χ0n) is 22.7. The van der Waals surface area contributed by atoms with E-state index in [4.69, 9.17) is 9.47 Å². The number of nitrogens with zero attached hydrogens (tertiary/aromatic N) is 2. The van der Waals surface area contributed by atoms with Crippen LogP contribution in [0.3, 0.4) is 0 Å². The van der Waals surface area contributed by atoms with Crippen LogP contribution in [0.1, 0.15) is 38.2 Å². The molecule has 0 aliphatic carbocycles. The lowest BCUT2D eigenvalue weighted by Gasteiger charge is -2.45. The molecule has 0 unspecified atom stereocenters. The summed E-state index contributed by atoms with van der Waals surface area (Å²) >= 11 is 4.06. The van der Waals surface area contributed by atoms with Gasteiger partial charge in [-0.1, -0.05) is 12.1 Å². The number of thioether (sulfide) groups is 2. The molecule has 10 heteroatoms. The Kier molecular flexibility index (Phi) is 9.05. The van der Waals surface area contributed by atoms with Gasteiger partial charge in [-0.05, 0) is 93.6 Å². The predicted octanol–water partition coefficient (Wildman–Crippen LogP) is 5.49. The average Bonchev–Trinajstić information content (AvgIpc) is 3.49. The molecule has 0 radical (unpaired) electrons. The fraction of sp³-hybridized carbons (Fsp3) is 0.552. The van der Waals surface area contributed by atoms with Crippen LogP contribution in [0.25, 0.3) is 0 Å². The Bertz CT molecular complexity index is 1210. The summed E-state index contributed by atoms with van der Waals surface area (Å²) in [4.78, 5) is 17.1. The van der Waals surface area contributed by atoms with E-state index in [0.717, 1.165) is 63.4 Å². The van der Waals surface area contributed by atoms with E-state index in [0.29, 0.717) is 29.2 Å². The maximum atomic E-state index is 13.2. The van der Waals surface area contributed by atoms with Crippen LogP contribution in [0.4, 0.5) is 4.79 Å². The zero-order valence-corrected chi connectivity index (χ0v) is 25.2. The first-order chi connectivity index (χ1) is 18.9. The number of hydrogen-bond acceptors (Lipinski definition) is 8. The monoisotopic (exact) mass is 590 g/mol. The quantitative estimate of drug-likeness (QED) is 0.419. The third kappa shape index (κ3) is 5.94. The SMILES string of the molecule is CCOC(=O)N1CCC(N2CCC(C3(c4ccc(S(=O)(=O)c5ccc(OC)cc5)cc4)SCCS3)CC2)CC1. The fourth-order valence-electron chi connectivity index (χ4n) is 6.10. The van der Waals surface area contributed by atoms with Gasteiger partial charge in [-0.25, -0.2) is 13.2 Å². The van der Waals surface area contributed by atoms with Crippen LogP contribution in [0.2, 0.25) is 0 Å². The van der Waals surface area contributed by atoms with Crippen molar-refractivity contribution in [3.05, 3.63) is 54.1 Å². The molecule has 5 rings (SSSR count). The van der Waals surface area contributed by atoms with Gasteiger partial charge in [0.25, 0.3) is 0 Å². The summed E-state index contributed by atoms with van der Waals surface area (Å²) in [6, 6.07) is 14.7. The number of ether oxygens (including phenoxy) is 2. The summed E-state index contributed by atoms with van der Waals surface area (Å²) in [5.74, 6) is 3.40. The molecular weight excluding hydrogens is 553 g/mol. The van der Waals surface area contributed by atoms with Gasteiger partial charge >= 0.3 is 6.09 Å². The lowest BCUT2D eigenvalue weighted by molar-refractivity contribution is 0.0604. The van der Waals surface area contributed by atoms with Crippen molar-refractivity contribution < 1.29 is 22.7 Å². The number of rotatable bonds is 7. The highest BCUT2D eigenvalue weighted by atomic mass is 32.2. The lowest BCUT2D eigenvalue weighted by Crippen LogP contribution is -2.50. The van der Waals surface area contributed by atoms with Gasteiger partial charge < -0.3 is 19.3 Å². The smallest absolute Gasteiger partial charge is 0.409 e. The first-order valence-corrected chi connectivity index (χ1v) is 17.3. The van der Waals surface area contributed by atoms with Crippen LogP contribution in [0.15, 0.2) is 58.3 Å². The highest BCUT2D eigenvalue weighted by Gasteiger charge is 2.46. The van der Waals surface area contributed by atoms with Gasteiger partial charge in [0.2, 0.25) is 9.84 Å². The standard InChI is InChI=1S/C29H38N2O5S3/c1-3-36-28(32)31-18-14-24(15-19-31)30-16-12-23(13-17-30)29(37-20-21-38-29)22-4-8-26(9-5-22)39(33,34)27-10-6-25(35-2)7-11-27/h4-11,23-24H,3,12-21H2,1-2H3. The molecule has 3 heterocycles. The van der Waals surface area contributed by atoms with Gasteiger partial charge in [-0.15, -0.1) is 23.5 Å². The Balaban J connectivity index is 1.24. The van der Waals surface area contributed by atoms with E-state index in [1.807, 2.05) is 47.5 Å². The number of amides is 1. The molecule has 2 aromatic rings. The number of sulfone groups is 1. The van der Waals surface area contributed by atoms with Crippen molar-refractivity contribution in [3.8, 4) is 5.75 Å². The molecule has 7 nitrogen and oxygen atoms in total. The van der Waals surface area contributed by atoms with Crippen molar-refractivity contribution >= 4 is 39.5 Å². The summed E-state index contributed by atoms with van der Waals surface area (Å²) in [5, 5.41) is 0. The summed E-state index contributed by atoms with van der Waals surface area (Å²) < 4.78 is 36.8. The Morgan fingerprint density at radius 2 is 1.46 bits per heavy atom. The van der Waals surface area contributed by atoms with Crippen molar-refractivity contribution in [2.24, 2.45) is 5.92 Å². The van der Waals surface area contributed by atoms with Gasteiger partial charge in [0.05, 0.1) is 27.6 Å². The highest BCUT2D eigenvalue weighted by molar-refractivity contribution is 8.20. The Hall–Kier alpha value is -1.88. The number of likely N-dealkylation sites (tertiary alicyclic amines) is 2. The number of benzene rings is 2. The number of hydrogen-bond donors (Lipinski definition) is 0. The number of carbonyl (C=O) groups excluding carboxylic acids is 1. The lowest BCUT2D eigenvalue weighted by atomic mass is 9.87. The van der Waals surface area contributed by atoms with Crippen molar-refractivity contribution in [3.63, 3.8) is 0 Å². The summed E-state index contributed by atoms with van der Waals surface area (Å²) in [7, 11) is -2.02. The molecule has 39 heavy (non-hydrogen) atoms. The molecular formula is C29H38N2O5S3. The van der Waals surface area contributed by atoms with Gasteiger partial charge in [-0.2, -0.15) is 0 Å². The van der Waals surface area contributed by atoms with E-state index >= 15 is 0 Å². The Labute approximate surface area is 240 Å². The summed E-state index contributed by atoms with van der Waals surface area (Å²) in [6.07, 6.45) is 4.08. The van der Waals surface area contributed by atoms with Crippen molar-refractivity contribution in [1.29, 1.82) is 0 Å². The van der Waals surface area contributed by atoms with E-state index in [1.165, 1.54) is 5.56 Å². The maximum Gasteiger partial charge on any atom is 0.409 e. The van der Waals surface area contributed by atoms with Gasteiger partial charge in [0.1, 0.15) is 5.75 Å². The molecule has 0 bridgehead atoms. The van der Waals surface area contributed by atoms with Crippen LogP contribution >= 0.6 is 23.5 Å². The molecule has 3 fully saturated rings. The van der Waals surface area contributed by atoms with Crippen LogP contribution in [0.5, 0.6) is 5.75 Å². The predicted molar refractivity (Wildman–Crippen MR) is 157 cm³/mol. The average molecular weight is 591 g/mol. The second-order valence-corrected chi connectivity index (χ2v) is 15.2. The normalized spacial score (nSPS) is 21.1. The minimum atomic E-state index is -3.59. The minimum absolute atomic E-state index is 0.0260. The van der Waals surface area contributed by atoms with Crippen LogP contribution in [0, 0.1) is 5.92 Å². The molecule has 0 aromatic heterocycles. The van der Waals surface area contributed by atoms with E-state index in [-0.39, 0.29) is 15.1 Å². The minimum Gasteiger partial charge on any atom is -0.497 e. The Morgan fingerprint density at radius 1 is 0.897 bits per heavy atom. The number of carbonyl (C=O) groups is 1. The highest BCUT2D eigenvalue weighted by Crippen LogP contribution is 2.59. The van der Waals surface area contributed by atoms with E-state index in [2.05, 4.69) is 4.90 Å². The first-order valence-electron chi connectivity index (χ1n) is 13.8. The van der Waals surface area contributed by atoms with E-state index in [9.17, 15) is 13.2 Å². The third-order valence-electron chi connectivity index (χ3n) is 8.23. The molecule has 3 aliphatic rings. The van der Waals surface area contributed by atoms with Gasteiger partial charge in [0, 0.05) is 30.6 Å². The molecule has 0 spiro atoms. The topological polar surface area (TPSA) is 76.2 Å². The largest absolute Gasteiger partial charge is 0.497 e. The van der Waals surface area contributed by atoms with Gasteiger partial charge in [0.15, 0.2) is 0 Å². The molecule has 1 amide bonds. The van der Waals surface area contributed by atoms with Crippen molar-refractivity contribution in [1.82, 2.24) is 9.80 Å². The molecule has 3 aliphatic heterocycles. The second kappa shape index (κ2) is 12.3. The summed E-state index contributed by atoms with van der Waals surface area (Å²) in [5.41, 5.74) is 1.23. The third-order valence-corrected chi connectivity index (χ3v) is 13.8. The van der Waals surface area contributed by atoms with Crippen LogP contribution < -0.4 is 4.74 Å². The zero-order chi connectivity index (χ0) is 27.5. The molecule has 212 valence electrons. The van der Waals surface area contributed by atoms with Crippen molar-refractivity contribution in [2.45, 2.75) is 52.5 Å². The number of piperidine rings is 2. The molecule has 3 saturated heterocycles. The second-order valence-electron chi connectivity index (χ2n) is 10.3. The molecule has 0 N–H and O–H groups in total. The van der Waals surface area contributed by atoms with Crippen LogP contribution in [-0.2, 0) is 18.7 Å². The van der Waals surface area contributed by atoms with Crippen molar-refractivity contribution in [2.75, 3.05) is 51.4 Å². The maximum absolute atomic E-state index is 13.2. The Morgan fingerprint density at radius 3 is 2.00 bits per heavy atom. The van der Waals surface area contributed by atoms with Crippen LogP contribution in [-0.4, -0.2) is 81.8 Å². The van der Waals surface area contributed by atoms with E-state index < -0.39 is 9.84 Å². The molecule has 0 saturated carbocycles. The van der Waals surface area contributed by atoms with E-state index in [1.54, 1.807) is 43.5 Å². The molecule has 2 aromatic carbocycles. The molecule has 0 atom stereocenters.